The molecule has 1 atom stereocenters. The van der Waals surface area contributed by atoms with E-state index in [2.05, 4.69) is 10.3 Å². The zero-order valence-electron chi connectivity index (χ0n) is 15.6. The van der Waals surface area contributed by atoms with Gasteiger partial charge < -0.3 is 24.4 Å². The summed E-state index contributed by atoms with van der Waals surface area (Å²) in [6.07, 6.45) is -0.847. The van der Waals surface area contributed by atoms with Crippen LogP contribution < -0.4 is 16.2 Å². The van der Waals surface area contributed by atoms with Gasteiger partial charge in [-0.05, 0) is 19.1 Å². The second kappa shape index (κ2) is 7.15. The molecule has 2 amide bonds. The Labute approximate surface area is 169 Å². The molecule has 3 N–H and O–H groups in total. The number of furan rings is 1. The maximum absolute atomic E-state index is 13.9. The number of benzene rings is 1. The van der Waals surface area contributed by atoms with Gasteiger partial charge in [0.25, 0.3) is 5.56 Å². The molecule has 0 aliphatic rings. The lowest BCUT2D eigenvalue weighted by Crippen LogP contribution is -2.40. The molecule has 162 valence electrons. The van der Waals surface area contributed by atoms with Gasteiger partial charge in [-0.1, -0.05) is 0 Å². The maximum atomic E-state index is 13.9. The van der Waals surface area contributed by atoms with Crippen LogP contribution >= 0.6 is 0 Å². The fourth-order valence-corrected chi connectivity index (χ4v) is 3.25. The van der Waals surface area contributed by atoms with Crippen molar-refractivity contribution in [3.8, 4) is 0 Å². The predicted octanol–water partition coefficient (Wildman–Crippen LogP) is 4.39. The molecule has 0 radical (unpaired) electrons. The fraction of sp³-hybridized carbons (Fsp3) is 0.158. The van der Waals surface area contributed by atoms with Crippen LogP contribution in [0.1, 0.15) is 17.4 Å². The highest BCUT2D eigenvalue weighted by Gasteiger charge is 2.45. The largest absolute Gasteiger partial charge is 0.455 e. The molecule has 0 spiro atoms. The summed E-state index contributed by atoms with van der Waals surface area (Å²) in [5.74, 6) is -2.92. The number of hydrogen-bond donors (Lipinski definition) is 3. The number of nitrogens with zero attached hydrogens (tertiary/aromatic N) is 1. The number of anilines is 1. The van der Waals surface area contributed by atoms with E-state index < -0.39 is 46.8 Å². The van der Waals surface area contributed by atoms with Crippen LogP contribution in [-0.2, 0) is 0 Å². The molecule has 4 aromatic rings. The Morgan fingerprint density at radius 2 is 1.97 bits per heavy atom. The Balaban J connectivity index is 1.66. The summed E-state index contributed by atoms with van der Waals surface area (Å²) in [5.41, 5.74) is -0.961. The zero-order chi connectivity index (χ0) is 22.5. The maximum Gasteiger partial charge on any atom is 0.416 e. The van der Waals surface area contributed by atoms with Crippen molar-refractivity contribution in [3.05, 3.63) is 70.1 Å². The van der Waals surface area contributed by atoms with E-state index in [1.165, 1.54) is 36.0 Å². The lowest BCUT2D eigenvalue weighted by Gasteiger charge is -2.20. The molecular weight excluding hydrogens is 427 g/mol. The van der Waals surface area contributed by atoms with Crippen molar-refractivity contribution in [2.75, 3.05) is 5.32 Å². The minimum Gasteiger partial charge on any atom is -0.455 e. The van der Waals surface area contributed by atoms with Crippen LogP contribution in [0.15, 0.2) is 46.0 Å². The summed E-state index contributed by atoms with van der Waals surface area (Å²) >= 11 is 0. The standard InChI is InChI=1S/C19H13F5N4O3/c1-8-11-4-9(20)5-12(21)15(11)31-14(8)16(19(22,23)24)27-18(30)26-10-6-13-17(29)25-2-3-28(13)7-10/h2-7,16H,1H3,(H,25,29)(H2,26,27,30)/t16-/m0/s1. The Morgan fingerprint density at radius 3 is 2.65 bits per heavy atom. The first-order valence-electron chi connectivity index (χ1n) is 8.76. The Bertz CT molecular complexity index is 1370. The van der Waals surface area contributed by atoms with E-state index >= 15 is 0 Å². The number of nitrogens with one attached hydrogen (secondary N) is 3. The number of rotatable bonds is 3. The lowest BCUT2D eigenvalue weighted by molar-refractivity contribution is -0.158. The molecule has 0 aliphatic carbocycles. The van der Waals surface area contributed by atoms with Crippen molar-refractivity contribution < 1.29 is 31.2 Å². The number of fused-ring (bicyclic) bond motifs is 2. The van der Waals surface area contributed by atoms with Gasteiger partial charge in [0.05, 0.1) is 5.69 Å². The zero-order valence-corrected chi connectivity index (χ0v) is 15.6. The van der Waals surface area contributed by atoms with Crippen LogP contribution in [0.25, 0.3) is 16.5 Å². The number of H-pyrrole nitrogens is 1. The van der Waals surface area contributed by atoms with Gasteiger partial charge in [0.15, 0.2) is 17.4 Å². The van der Waals surface area contributed by atoms with E-state index in [0.717, 1.165) is 6.07 Å². The molecule has 4 rings (SSSR count). The number of amides is 2. The first-order chi connectivity index (χ1) is 14.5. The Hall–Kier alpha value is -3.83. The molecule has 12 heteroatoms. The molecule has 0 bridgehead atoms. The molecule has 7 nitrogen and oxygen atoms in total. The Kier molecular flexibility index (Phi) is 4.71. The highest BCUT2D eigenvalue weighted by molar-refractivity contribution is 5.90. The minimum absolute atomic E-state index is 0.0598. The molecule has 0 saturated heterocycles. The van der Waals surface area contributed by atoms with Crippen molar-refractivity contribution in [2.24, 2.45) is 0 Å². The summed E-state index contributed by atoms with van der Waals surface area (Å²) in [4.78, 5) is 26.4. The predicted molar refractivity (Wildman–Crippen MR) is 99.8 cm³/mol. The van der Waals surface area contributed by atoms with Crippen LogP contribution in [0.4, 0.5) is 32.4 Å². The molecule has 0 saturated carbocycles. The van der Waals surface area contributed by atoms with Crippen LogP contribution in [-0.4, -0.2) is 21.6 Å². The quantitative estimate of drug-likeness (QED) is 0.413. The fourth-order valence-electron chi connectivity index (χ4n) is 3.25. The third-order valence-electron chi connectivity index (χ3n) is 4.65. The van der Waals surface area contributed by atoms with Gasteiger partial charge >= 0.3 is 12.2 Å². The highest BCUT2D eigenvalue weighted by atomic mass is 19.4. The van der Waals surface area contributed by atoms with Gasteiger partial charge in [0, 0.05) is 35.6 Å². The smallest absolute Gasteiger partial charge is 0.416 e. The number of alkyl halides is 3. The van der Waals surface area contributed by atoms with Gasteiger partial charge in [-0.3, -0.25) is 4.79 Å². The number of aromatic amines is 1. The normalized spacial score (nSPS) is 13.0. The summed E-state index contributed by atoms with van der Waals surface area (Å²) in [6.45, 7) is 1.20. The highest BCUT2D eigenvalue weighted by Crippen LogP contribution is 2.39. The van der Waals surface area contributed by atoms with Crippen molar-refractivity contribution in [1.82, 2.24) is 14.7 Å². The van der Waals surface area contributed by atoms with E-state index in [4.69, 9.17) is 4.42 Å². The van der Waals surface area contributed by atoms with Crippen LogP contribution in [0.2, 0.25) is 0 Å². The number of halogens is 5. The number of aromatic nitrogens is 2. The van der Waals surface area contributed by atoms with Gasteiger partial charge in [-0.15, -0.1) is 0 Å². The van der Waals surface area contributed by atoms with Gasteiger partial charge in [0.2, 0.25) is 0 Å². The molecule has 0 aliphatic heterocycles. The number of urea groups is 1. The second-order valence-corrected chi connectivity index (χ2v) is 6.74. The van der Waals surface area contributed by atoms with E-state index in [1.54, 1.807) is 5.32 Å². The third-order valence-corrected chi connectivity index (χ3v) is 4.65. The van der Waals surface area contributed by atoms with Crippen molar-refractivity contribution in [3.63, 3.8) is 0 Å². The second-order valence-electron chi connectivity index (χ2n) is 6.74. The van der Waals surface area contributed by atoms with E-state index in [-0.39, 0.29) is 22.2 Å². The SMILES string of the molecule is Cc1c([C@H](NC(=O)Nc2cc3c(=O)[nH]ccn3c2)C(F)(F)F)oc2c(F)cc(F)cc12. The average molecular weight is 440 g/mol. The molecule has 3 heterocycles. The molecule has 31 heavy (non-hydrogen) atoms. The number of carbonyl (C=O) groups is 1. The van der Waals surface area contributed by atoms with E-state index in [1.807, 2.05) is 0 Å². The van der Waals surface area contributed by atoms with Crippen LogP contribution in [0.5, 0.6) is 0 Å². The van der Waals surface area contributed by atoms with Gasteiger partial charge in [0.1, 0.15) is 17.1 Å². The third kappa shape index (κ3) is 3.71. The molecule has 0 fully saturated rings. The van der Waals surface area contributed by atoms with E-state index in [0.29, 0.717) is 6.07 Å². The van der Waals surface area contributed by atoms with Gasteiger partial charge in [-0.25, -0.2) is 13.6 Å². The summed E-state index contributed by atoms with van der Waals surface area (Å²) < 4.78 is 74.9. The number of aryl methyl sites for hydroxylation is 1. The molecule has 0 unspecified atom stereocenters. The summed E-state index contributed by atoms with van der Waals surface area (Å²) in [7, 11) is 0. The number of hydrogen-bond acceptors (Lipinski definition) is 3. The Morgan fingerprint density at radius 1 is 1.23 bits per heavy atom. The van der Waals surface area contributed by atoms with E-state index in [9.17, 15) is 31.5 Å². The summed E-state index contributed by atoms with van der Waals surface area (Å²) in [6, 6.07) is -1.29. The minimum atomic E-state index is -5.01. The van der Waals surface area contributed by atoms with Gasteiger partial charge in [-0.2, -0.15) is 13.2 Å². The van der Waals surface area contributed by atoms with Crippen LogP contribution in [0, 0.1) is 18.6 Å². The molecular formula is C19H13F5N4O3. The average Bonchev–Trinajstić information content (AvgIpc) is 3.21. The van der Waals surface area contributed by atoms with Crippen LogP contribution in [0.3, 0.4) is 0 Å². The lowest BCUT2D eigenvalue weighted by atomic mass is 10.1. The van der Waals surface area contributed by atoms with Crippen molar-refractivity contribution in [2.45, 2.75) is 19.1 Å². The monoisotopic (exact) mass is 440 g/mol. The molecule has 1 aromatic carbocycles. The van der Waals surface area contributed by atoms with Crippen molar-refractivity contribution >= 4 is 28.2 Å². The van der Waals surface area contributed by atoms with Crippen molar-refractivity contribution in [1.29, 1.82) is 0 Å². The first-order valence-corrected chi connectivity index (χ1v) is 8.76. The first kappa shape index (κ1) is 20.4. The molecule has 3 aromatic heterocycles. The topological polar surface area (TPSA) is 91.5 Å². The summed E-state index contributed by atoms with van der Waals surface area (Å²) in [5, 5.41) is 3.76. The number of carbonyl (C=O) groups excluding carboxylic acids is 1.